The molecule has 0 radical (unpaired) electrons. The Kier molecular flexibility index (Phi) is 4.86. The van der Waals surface area contributed by atoms with Crippen molar-refractivity contribution in [3.05, 3.63) is 35.9 Å². The molecule has 1 aromatic carbocycles. The number of rotatable bonds is 5. The Bertz CT molecular complexity index is 441. The zero-order chi connectivity index (χ0) is 13.7. The summed E-state index contributed by atoms with van der Waals surface area (Å²) in [5.74, 6) is 0.711. The normalized spacial score (nSPS) is 20.5. The third kappa shape index (κ3) is 4.00. The van der Waals surface area contributed by atoms with Crippen LogP contribution >= 0.6 is 0 Å². The van der Waals surface area contributed by atoms with Crippen LogP contribution < -0.4 is 0 Å². The van der Waals surface area contributed by atoms with Gasteiger partial charge in [0, 0.05) is 31.8 Å². The molecular weight excluding hydrogens is 238 g/mol. The molecule has 3 nitrogen and oxygen atoms in total. The van der Waals surface area contributed by atoms with Crippen molar-refractivity contribution in [1.82, 2.24) is 4.90 Å². The van der Waals surface area contributed by atoms with Crippen molar-refractivity contribution >= 4 is 11.6 Å². The smallest absolute Gasteiger partial charge is 0.151 e. The minimum atomic E-state index is 0.123. The average molecular weight is 259 g/mol. The number of carbonyl (C=O) groups is 2. The second-order valence-corrected chi connectivity index (χ2v) is 5.26. The fourth-order valence-corrected chi connectivity index (χ4v) is 2.61. The summed E-state index contributed by atoms with van der Waals surface area (Å²) in [7, 11) is 0. The van der Waals surface area contributed by atoms with Crippen LogP contribution in [0.3, 0.4) is 0 Å². The topological polar surface area (TPSA) is 37.4 Å². The quantitative estimate of drug-likeness (QED) is 0.812. The van der Waals surface area contributed by atoms with E-state index in [4.69, 9.17) is 0 Å². The van der Waals surface area contributed by atoms with Crippen LogP contribution in [0.5, 0.6) is 0 Å². The van der Waals surface area contributed by atoms with E-state index in [1.165, 1.54) is 0 Å². The molecule has 1 aliphatic heterocycles. The summed E-state index contributed by atoms with van der Waals surface area (Å²) in [4.78, 5) is 25.8. The highest BCUT2D eigenvalue weighted by molar-refractivity contribution is 5.84. The van der Waals surface area contributed by atoms with Gasteiger partial charge in [-0.1, -0.05) is 37.3 Å². The number of piperidine rings is 1. The van der Waals surface area contributed by atoms with Crippen LogP contribution in [-0.2, 0) is 16.0 Å². The molecule has 1 aliphatic rings. The average Bonchev–Trinajstić information content (AvgIpc) is 2.42. The van der Waals surface area contributed by atoms with Gasteiger partial charge in [-0.15, -0.1) is 0 Å². The number of nitrogens with zero attached hydrogens (tertiary/aromatic N) is 1. The first-order valence-corrected chi connectivity index (χ1v) is 6.99. The number of likely N-dealkylation sites (tertiary alicyclic amines) is 1. The summed E-state index contributed by atoms with van der Waals surface area (Å²) < 4.78 is 0. The number of benzene rings is 1. The lowest BCUT2D eigenvalue weighted by Crippen LogP contribution is -2.43. The van der Waals surface area contributed by atoms with Crippen molar-refractivity contribution in [3.63, 3.8) is 0 Å². The number of hydrogen-bond donors (Lipinski definition) is 0. The molecule has 2 rings (SSSR count). The van der Waals surface area contributed by atoms with E-state index in [9.17, 15) is 9.59 Å². The van der Waals surface area contributed by atoms with E-state index < -0.39 is 0 Å². The molecule has 0 amide bonds. The van der Waals surface area contributed by atoms with Gasteiger partial charge < -0.3 is 0 Å². The summed E-state index contributed by atoms with van der Waals surface area (Å²) in [6.45, 7) is 3.99. The second kappa shape index (κ2) is 6.62. The number of ketones is 2. The monoisotopic (exact) mass is 259 g/mol. The van der Waals surface area contributed by atoms with Gasteiger partial charge in [-0.3, -0.25) is 14.5 Å². The van der Waals surface area contributed by atoms with Gasteiger partial charge in [-0.05, 0) is 12.0 Å². The van der Waals surface area contributed by atoms with Crippen LogP contribution in [0, 0.1) is 5.92 Å². The fourth-order valence-electron chi connectivity index (χ4n) is 2.61. The van der Waals surface area contributed by atoms with Crippen molar-refractivity contribution in [3.8, 4) is 0 Å². The third-order valence-corrected chi connectivity index (χ3v) is 3.75. The minimum Gasteiger partial charge on any atom is -0.299 e. The van der Waals surface area contributed by atoms with Gasteiger partial charge in [0.25, 0.3) is 0 Å². The molecule has 3 heteroatoms. The summed E-state index contributed by atoms with van der Waals surface area (Å²) >= 11 is 0. The standard InChI is InChI=1S/C16H21NO2/c1-2-14-11-17(9-8-16(14)19)12-15(18)10-13-6-4-3-5-7-13/h3-7,14H,2,8-12H2,1H3. The van der Waals surface area contributed by atoms with Crippen LogP contribution in [0.15, 0.2) is 30.3 Å². The van der Waals surface area contributed by atoms with Crippen LogP contribution in [0.2, 0.25) is 0 Å². The molecule has 19 heavy (non-hydrogen) atoms. The molecule has 1 aromatic rings. The summed E-state index contributed by atoms with van der Waals surface area (Å²) in [5.41, 5.74) is 1.06. The lowest BCUT2D eigenvalue weighted by atomic mass is 9.94. The van der Waals surface area contributed by atoms with E-state index in [1.54, 1.807) is 0 Å². The molecule has 0 spiro atoms. The molecule has 1 fully saturated rings. The van der Waals surface area contributed by atoms with E-state index in [0.717, 1.165) is 25.1 Å². The van der Waals surface area contributed by atoms with Crippen molar-refractivity contribution < 1.29 is 9.59 Å². The van der Waals surface area contributed by atoms with E-state index in [1.807, 2.05) is 37.3 Å². The van der Waals surface area contributed by atoms with E-state index in [-0.39, 0.29) is 11.7 Å². The van der Waals surface area contributed by atoms with Crippen molar-refractivity contribution in [2.45, 2.75) is 26.2 Å². The highest BCUT2D eigenvalue weighted by Gasteiger charge is 2.26. The van der Waals surface area contributed by atoms with Gasteiger partial charge in [0.15, 0.2) is 5.78 Å². The van der Waals surface area contributed by atoms with E-state index in [2.05, 4.69) is 4.90 Å². The molecule has 1 heterocycles. The van der Waals surface area contributed by atoms with Crippen molar-refractivity contribution in [2.75, 3.05) is 19.6 Å². The Morgan fingerprint density at radius 1 is 1.32 bits per heavy atom. The highest BCUT2D eigenvalue weighted by atomic mass is 16.1. The van der Waals surface area contributed by atoms with E-state index >= 15 is 0 Å². The Morgan fingerprint density at radius 3 is 2.74 bits per heavy atom. The first-order chi connectivity index (χ1) is 9.19. The number of carbonyl (C=O) groups excluding carboxylic acids is 2. The first-order valence-electron chi connectivity index (χ1n) is 6.99. The molecule has 0 saturated carbocycles. The molecule has 1 unspecified atom stereocenters. The molecule has 0 bridgehead atoms. The van der Waals surface area contributed by atoms with Crippen LogP contribution in [0.4, 0.5) is 0 Å². The number of Topliss-reactive ketones (excluding diaryl/α,β-unsaturated/α-hetero) is 2. The fraction of sp³-hybridized carbons (Fsp3) is 0.500. The third-order valence-electron chi connectivity index (χ3n) is 3.75. The van der Waals surface area contributed by atoms with E-state index in [0.29, 0.717) is 25.2 Å². The van der Waals surface area contributed by atoms with Crippen LogP contribution in [-0.4, -0.2) is 36.1 Å². The largest absolute Gasteiger partial charge is 0.299 e. The zero-order valence-corrected chi connectivity index (χ0v) is 11.5. The Morgan fingerprint density at radius 2 is 2.05 bits per heavy atom. The summed E-state index contributed by atoms with van der Waals surface area (Å²) in [5, 5.41) is 0. The first kappa shape index (κ1) is 13.9. The second-order valence-electron chi connectivity index (χ2n) is 5.26. The Hall–Kier alpha value is -1.48. The maximum atomic E-state index is 12.0. The predicted molar refractivity (Wildman–Crippen MR) is 75.0 cm³/mol. The Labute approximate surface area is 114 Å². The summed E-state index contributed by atoms with van der Waals surface area (Å²) in [6.07, 6.45) is 1.96. The van der Waals surface area contributed by atoms with Gasteiger partial charge in [-0.25, -0.2) is 0 Å². The van der Waals surface area contributed by atoms with Gasteiger partial charge >= 0.3 is 0 Å². The highest BCUT2D eigenvalue weighted by Crippen LogP contribution is 2.16. The van der Waals surface area contributed by atoms with Crippen molar-refractivity contribution in [2.24, 2.45) is 5.92 Å². The van der Waals surface area contributed by atoms with Gasteiger partial charge in [0.2, 0.25) is 0 Å². The van der Waals surface area contributed by atoms with Gasteiger partial charge in [-0.2, -0.15) is 0 Å². The molecule has 0 aromatic heterocycles. The van der Waals surface area contributed by atoms with Gasteiger partial charge in [0.1, 0.15) is 5.78 Å². The maximum absolute atomic E-state index is 12.0. The molecule has 1 atom stereocenters. The predicted octanol–water partition coefficient (Wildman–Crippen LogP) is 2.10. The van der Waals surface area contributed by atoms with Crippen LogP contribution in [0.1, 0.15) is 25.3 Å². The van der Waals surface area contributed by atoms with Crippen molar-refractivity contribution in [1.29, 1.82) is 0 Å². The molecular formula is C16H21NO2. The maximum Gasteiger partial charge on any atom is 0.151 e. The molecule has 0 aliphatic carbocycles. The van der Waals surface area contributed by atoms with Crippen LogP contribution in [0.25, 0.3) is 0 Å². The molecule has 1 saturated heterocycles. The zero-order valence-electron chi connectivity index (χ0n) is 11.5. The summed E-state index contributed by atoms with van der Waals surface area (Å²) in [6, 6.07) is 9.82. The lowest BCUT2D eigenvalue weighted by molar-refractivity contribution is -0.128. The minimum absolute atomic E-state index is 0.123. The van der Waals surface area contributed by atoms with Gasteiger partial charge in [0.05, 0.1) is 6.54 Å². The molecule has 102 valence electrons. The SMILES string of the molecule is CCC1CN(CC(=O)Cc2ccccc2)CCC1=O. The molecule has 0 N–H and O–H groups in total. The Balaban J connectivity index is 1.84. The number of hydrogen-bond acceptors (Lipinski definition) is 3. The lowest BCUT2D eigenvalue weighted by Gasteiger charge is -2.30.